The lowest BCUT2D eigenvalue weighted by Gasteiger charge is -2.15. The Balaban J connectivity index is 2.71. The average Bonchev–Trinajstić information content (AvgIpc) is 2.61. The molecule has 1 atom stereocenters. The van der Waals surface area contributed by atoms with Gasteiger partial charge in [0.1, 0.15) is 9.84 Å². The van der Waals surface area contributed by atoms with Crippen LogP contribution in [0.25, 0.3) is 0 Å². The van der Waals surface area contributed by atoms with Crippen LogP contribution in [0, 0.1) is 0 Å². The summed E-state index contributed by atoms with van der Waals surface area (Å²) < 4.78 is 24.2. The minimum atomic E-state index is -2.90. The number of aryl methyl sites for hydroxylation is 1. The van der Waals surface area contributed by atoms with Gasteiger partial charge in [0.15, 0.2) is 0 Å². The summed E-state index contributed by atoms with van der Waals surface area (Å²) in [7, 11) is -2.90. The van der Waals surface area contributed by atoms with E-state index in [1.54, 1.807) is 0 Å². The first-order valence-corrected chi connectivity index (χ1v) is 7.56. The Labute approximate surface area is 97.6 Å². The normalized spacial score (nSPS) is 13.9. The summed E-state index contributed by atoms with van der Waals surface area (Å²) in [6.45, 7) is 5.56. The summed E-state index contributed by atoms with van der Waals surface area (Å²) in [5.41, 5.74) is 1.13. The van der Waals surface area contributed by atoms with Gasteiger partial charge < -0.3 is 9.88 Å². The van der Waals surface area contributed by atoms with E-state index in [0.717, 1.165) is 12.2 Å². The van der Waals surface area contributed by atoms with Crippen LogP contribution in [0.2, 0.25) is 0 Å². The molecule has 0 aromatic carbocycles. The van der Waals surface area contributed by atoms with Crippen LogP contribution in [0.4, 0.5) is 0 Å². The predicted molar refractivity (Wildman–Crippen MR) is 66.2 cm³/mol. The standard InChI is InChI=1S/C11H20N2O2S/c1-4-12-10(2)11-6-5-7-13(11)8-9-16(3,14)15/h5-7,10,12H,4,8-9H2,1-3H3. The van der Waals surface area contributed by atoms with Gasteiger partial charge in [-0.25, -0.2) is 8.42 Å². The zero-order valence-electron chi connectivity index (χ0n) is 10.1. The Kier molecular flexibility index (Phi) is 4.56. The van der Waals surface area contributed by atoms with Crippen molar-refractivity contribution in [3.05, 3.63) is 24.0 Å². The molecule has 92 valence electrons. The number of rotatable bonds is 6. The summed E-state index contributed by atoms with van der Waals surface area (Å²) >= 11 is 0. The molecule has 1 N–H and O–H groups in total. The van der Waals surface area contributed by atoms with Crippen molar-refractivity contribution in [3.63, 3.8) is 0 Å². The van der Waals surface area contributed by atoms with E-state index in [4.69, 9.17) is 0 Å². The van der Waals surface area contributed by atoms with Gasteiger partial charge in [-0.2, -0.15) is 0 Å². The Bertz CT molecular complexity index is 423. The molecule has 0 bridgehead atoms. The monoisotopic (exact) mass is 244 g/mol. The Hall–Kier alpha value is -0.810. The highest BCUT2D eigenvalue weighted by Crippen LogP contribution is 2.13. The Morgan fingerprint density at radius 3 is 2.75 bits per heavy atom. The van der Waals surface area contributed by atoms with Crippen LogP contribution in [-0.2, 0) is 16.4 Å². The lowest BCUT2D eigenvalue weighted by atomic mass is 10.2. The van der Waals surface area contributed by atoms with Gasteiger partial charge in [-0.3, -0.25) is 0 Å². The van der Waals surface area contributed by atoms with Crippen LogP contribution in [0.5, 0.6) is 0 Å². The molecule has 0 radical (unpaired) electrons. The fourth-order valence-corrected chi connectivity index (χ4v) is 2.23. The van der Waals surface area contributed by atoms with Gasteiger partial charge in [0.25, 0.3) is 0 Å². The molecule has 0 aliphatic rings. The molecule has 1 aromatic rings. The molecule has 0 saturated carbocycles. The summed E-state index contributed by atoms with van der Waals surface area (Å²) in [5.74, 6) is 0.188. The number of nitrogens with zero attached hydrogens (tertiary/aromatic N) is 1. The van der Waals surface area contributed by atoms with Gasteiger partial charge in [-0.15, -0.1) is 0 Å². The molecule has 5 heteroatoms. The third-order valence-corrected chi connectivity index (χ3v) is 3.45. The first kappa shape index (κ1) is 13.3. The second-order valence-corrected chi connectivity index (χ2v) is 6.30. The van der Waals surface area contributed by atoms with E-state index in [1.165, 1.54) is 6.26 Å². The lowest BCUT2D eigenvalue weighted by molar-refractivity contribution is 0.544. The number of sulfone groups is 1. The smallest absolute Gasteiger partial charge is 0.149 e. The molecule has 1 heterocycles. The molecule has 0 saturated heterocycles. The zero-order chi connectivity index (χ0) is 12.2. The molecular formula is C11H20N2O2S. The summed E-state index contributed by atoms with van der Waals surface area (Å²) in [6, 6.07) is 4.22. The molecule has 1 aromatic heterocycles. The van der Waals surface area contributed by atoms with Gasteiger partial charge >= 0.3 is 0 Å². The second-order valence-electron chi connectivity index (χ2n) is 4.04. The number of aromatic nitrogens is 1. The molecule has 16 heavy (non-hydrogen) atoms. The summed E-state index contributed by atoms with van der Waals surface area (Å²) in [5, 5.41) is 3.32. The van der Waals surface area contributed by atoms with Crippen molar-refractivity contribution in [2.45, 2.75) is 26.4 Å². The maximum atomic E-state index is 11.1. The SMILES string of the molecule is CCNC(C)c1cccn1CCS(C)(=O)=O. The topological polar surface area (TPSA) is 51.1 Å². The van der Waals surface area contributed by atoms with E-state index >= 15 is 0 Å². The number of hydrogen-bond donors (Lipinski definition) is 1. The molecule has 0 aliphatic heterocycles. The molecule has 1 unspecified atom stereocenters. The minimum absolute atomic E-state index is 0.188. The van der Waals surface area contributed by atoms with Gasteiger partial charge in [0, 0.05) is 30.7 Å². The fraction of sp³-hybridized carbons (Fsp3) is 0.636. The Morgan fingerprint density at radius 1 is 1.50 bits per heavy atom. The van der Waals surface area contributed by atoms with Crippen molar-refractivity contribution in [2.24, 2.45) is 0 Å². The fourth-order valence-electron chi connectivity index (χ4n) is 1.70. The molecule has 0 fully saturated rings. The summed E-state index contributed by atoms with van der Waals surface area (Å²) in [4.78, 5) is 0. The third-order valence-electron chi connectivity index (χ3n) is 2.52. The minimum Gasteiger partial charge on any atom is -0.349 e. The van der Waals surface area contributed by atoms with Gasteiger partial charge in [-0.05, 0) is 25.6 Å². The van der Waals surface area contributed by atoms with Crippen LogP contribution in [-0.4, -0.2) is 31.5 Å². The van der Waals surface area contributed by atoms with Crippen molar-refractivity contribution in [1.82, 2.24) is 9.88 Å². The highest BCUT2D eigenvalue weighted by atomic mass is 32.2. The third kappa shape index (κ3) is 3.98. The van der Waals surface area contributed by atoms with E-state index in [-0.39, 0.29) is 11.8 Å². The highest BCUT2D eigenvalue weighted by molar-refractivity contribution is 7.90. The van der Waals surface area contributed by atoms with Crippen molar-refractivity contribution in [3.8, 4) is 0 Å². The van der Waals surface area contributed by atoms with Crippen LogP contribution in [0.1, 0.15) is 25.6 Å². The maximum Gasteiger partial charge on any atom is 0.149 e. The van der Waals surface area contributed by atoms with E-state index in [0.29, 0.717) is 6.54 Å². The van der Waals surface area contributed by atoms with E-state index in [9.17, 15) is 8.42 Å². The molecule has 0 amide bonds. The first-order valence-electron chi connectivity index (χ1n) is 5.50. The van der Waals surface area contributed by atoms with Crippen LogP contribution in [0.15, 0.2) is 18.3 Å². The molecule has 0 spiro atoms. The van der Waals surface area contributed by atoms with E-state index in [2.05, 4.69) is 19.2 Å². The van der Waals surface area contributed by atoms with Crippen LogP contribution >= 0.6 is 0 Å². The van der Waals surface area contributed by atoms with Crippen molar-refractivity contribution >= 4 is 9.84 Å². The second kappa shape index (κ2) is 5.50. The predicted octanol–water partition coefficient (Wildman–Crippen LogP) is 1.20. The van der Waals surface area contributed by atoms with E-state index < -0.39 is 9.84 Å². The Morgan fingerprint density at radius 2 is 2.19 bits per heavy atom. The quantitative estimate of drug-likeness (QED) is 0.818. The van der Waals surface area contributed by atoms with Gasteiger partial charge in [0.05, 0.1) is 5.75 Å². The van der Waals surface area contributed by atoms with Gasteiger partial charge in [0.2, 0.25) is 0 Å². The molecular weight excluding hydrogens is 224 g/mol. The largest absolute Gasteiger partial charge is 0.349 e. The molecule has 1 rings (SSSR count). The van der Waals surface area contributed by atoms with Crippen LogP contribution in [0.3, 0.4) is 0 Å². The van der Waals surface area contributed by atoms with Crippen LogP contribution < -0.4 is 5.32 Å². The van der Waals surface area contributed by atoms with Crippen molar-refractivity contribution < 1.29 is 8.42 Å². The lowest BCUT2D eigenvalue weighted by Crippen LogP contribution is -2.22. The zero-order valence-corrected chi connectivity index (χ0v) is 10.9. The number of nitrogens with one attached hydrogen (secondary N) is 1. The average molecular weight is 244 g/mol. The highest BCUT2D eigenvalue weighted by Gasteiger charge is 2.10. The summed E-state index contributed by atoms with van der Waals surface area (Å²) in [6.07, 6.45) is 3.19. The number of hydrogen-bond acceptors (Lipinski definition) is 3. The van der Waals surface area contributed by atoms with Gasteiger partial charge in [-0.1, -0.05) is 6.92 Å². The van der Waals surface area contributed by atoms with Crippen molar-refractivity contribution in [2.75, 3.05) is 18.6 Å². The van der Waals surface area contributed by atoms with E-state index in [1.807, 2.05) is 22.9 Å². The molecule has 4 nitrogen and oxygen atoms in total. The van der Waals surface area contributed by atoms with Crippen molar-refractivity contribution in [1.29, 1.82) is 0 Å². The maximum absolute atomic E-state index is 11.1. The molecule has 0 aliphatic carbocycles. The first-order chi connectivity index (χ1) is 7.44.